The first kappa shape index (κ1) is 21.7. The lowest BCUT2D eigenvalue weighted by Crippen LogP contribution is -2.40. The highest BCUT2D eigenvalue weighted by atomic mass is 35.5. The fourth-order valence-electron chi connectivity index (χ4n) is 3.46. The Bertz CT molecular complexity index is 731. The third kappa shape index (κ3) is 4.25. The Morgan fingerprint density at radius 2 is 2.12 bits per heavy atom. The van der Waals surface area contributed by atoms with Crippen molar-refractivity contribution in [2.24, 2.45) is 11.7 Å². The van der Waals surface area contributed by atoms with Crippen molar-refractivity contribution in [3.8, 4) is 0 Å². The van der Waals surface area contributed by atoms with Crippen molar-refractivity contribution in [1.82, 2.24) is 20.1 Å². The maximum absolute atomic E-state index is 12.8. The molecular formula is C17H27Cl2N5O. The molecule has 25 heavy (non-hydrogen) atoms. The SMILES string of the molecule is Cc1cc(C(=O)NC2CCCC2CN)c2cnn(C(C)C)c2n1.Cl.Cl. The van der Waals surface area contributed by atoms with Gasteiger partial charge in [-0.2, -0.15) is 5.10 Å². The van der Waals surface area contributed by atoms with E-state index in [4.69, 9.17) is 5.73 Å². The minimum Gasteiger partial charge on any atom is -0.349 e. The summed E-state index contributed by atoms with van der Waals surface area (Å²) in [5.74, 6) is 0.338. The highest BCUT2D eigenvalue weighted by Gasteiger charge is 2.28. The van der Waals surface area contributed by atoms with Gasteiger partial charge in [-0.1, -0.05) is 6.42 Å². The molecule has 2 aromatic rings. The van der Waals surface area contributed by atoms with Crippen molar-refractivity contribution in [3.05, 3.63) is 23.5 Å². The van der Waals surface area contributed by atoms with E-state index in [-0.39, 0.29) is 42.8 Å². The molecule has 0 radical (unpaired) electrons. The molecule has 2 unspecified atom stereocenters. The number of pyridine rings is 1. The van der Waals surface area contributed by atoms with E-state index in [1.54, 1.807) is 6.20 Å². The number of amides is 1. The molecule has 1 aliphatic carbocycles. The lowest BCUT2D eigenvalue weighted by molar-refractivity contribution is 0.0930. The molecule has 3 N–H and O–H groups in total. The topological polar surface area (TPSA) is 85.8 Å². The van der Waals surface area contributed by atoms with Crippen molar-refractivity contribution in [1.29, 1.82) is 0 Å². The number of aromatic nitrogens is 3. The fraction of sp³-hybridized carbons (Fsp3) is 0.588. The van der Waals surface area contributed by atoms with Crippen molar-refractivity contribution in [2.45, 2.75) is 52.1 Å². The molecule has 2 heterocycles. The molecule has 1 aliphatic rings. The van der Waals surface area contributed by atoms with E-state index in [0.29, 0.717) is 18.0 Å². The first-order valence-corrected chi connectivity index (χ1v) is 8.37. The minimum absolute atomic E-state index is 0. The molecule has 2 aromatic heterocycles. The molecule has 140 valence electrons. The van der Waals surface area contributed by atoms with Gasteiger partial charge in [0, 0.05) is 17.8 Å². The van der Waals surface area contributed by atoms with Gasteiger partial charge in [0.25, 0.3) is 5.91 Å². The second-order valence-electron chi connectivity index (χ2n) is 6.74. The van der Waals surface area contributed by atoms with Gasteiger partial charge >= 0.3 is 0 Å². The highest BCUT2D eigenvalue weighted by Crippen LogP contribution is 2.26. The van der Waals surface area contributed by atoms with E-state index in [0.717, 1.165) is 36.0 Å². The molecule has 1 amide bonds. The Kier molecular flexibility index (Phi) is 7.65. The Morgan fingerprint density at radius 3 is 2.76 bits per heavy atom. The lowest BCUT2D eigenvalue weighted by Gasteiger charge is -2.19. The molecule has 1 fully saturated rings. The first-order valence-electron chi connectivity index (χ1n) is 8.37. The van der Waals surface area contributed by atoms with Gasteiger partial charge in [0.05, 0.1) is 17.1 Å². The van der Waals surface area contributed by atoms with Crippen molar-refractivity contribution in [2.75, 3.05) is 6.54 Å². The van der Waals surface area contributed by atoms with Gasteiger partial charge in [-0.05, 0) is 52.1 Å². The Hall–Kier alpha value is -1.37. The summed E-state index contributed by atoms with van der Waals surface area (Å²) in [5, 5.41) is 8.38. The summed E-state index contributed by atoms with van der Waals surface area (Å²) in [6.45, 7) is 6.65. The van der Waals surface area contributed by atoms with Gasteiger partial charge in [-0.3, -0.25) is 4.79 Å². The van der Waals surface area contributed by atoms with Crippen LogP contribution in [0.5, 0.6) is 0 Å². The molecule has 0 saturated heterocycles. The Labute approximate surface area is 160 Å². The third-order valence-electron chi connectivity index (χ3n) is 4.71. The number of carbonyl (C=O) groups is 1. The summed E-state index contributed by atoms with van der Waals surface area (Å²) in [5.41, 5.74) is 8.07. The highest BCUT2D eigenvalue weighted by molar-refractivity contribution is 6.05. The minimum atomic E-state index is -0.0471. The van der Waals surface area contributed by atoms with Crippen LogP contribution in [-0.4, -0.2) is 33.3 Å². The van der Waals surface area contributed by atoms with E-state index < -0.39 is 0 Å². The predicted molar refractivity (Wildman–Crippen MR) is 105 cm³/mol. The Morgan fingerprint density at radius 1 is 1.40 bits per heavy atom. The van der Waals surface area contributed by atoms with Crippen LogP contribution in [0.4, 0.5) is 0 Å². The number of hydrogen-bond donors (Lipinski definition) is 2. The average molecular weight is 388 g/mol. The molecule has 0 spiro atoms. The van der Waals surface area contributed by atoms with Crippen molar-refractivity contribution in [3.63, 3.8) is 0 Å². The maximum Gasteiger partial charge on any atom is 0.252 e. The van der Waals surface area contributed by atoms with Gasteiger partial charge in [0.1, 0.15) is 0 Å². The average Bonchev–Trinajstić information content (AvgIpc) is 3.12. The van der Waals surface area contributed by atoms with Gasteiger partial charge in [0.15, 0.2) is 5.65 Å². The molecule has 3 rings (SSSR count). The quantitative estimate of drug-likeness (QED) is 0.843. The lowest BCUT2D eigenvalue weighted by atomic mass is 10.0. The summed E-state index contributed by atoms with van der Waals surface area (Å²) in [6, 6.07) is 2.22. The number of fused-ring (bicyclic) bond motifs is 1. The van der Waals surface area contributed by atoms with Crippen LogP contribution < -0.4 is 11.1 Å². The third-order valence-corrected chi connectivity index (χ3v) is 4.71. The zero-order valence-corrected chi connectivity index (χ0v) is 16.5. The fourth-order valence-corrected chi connectivity index (χ4v) is 3.46. The molecule has 1 saturated carbocycles. The van der Waals surface area contributed by atoms with Gasteiger partial charge in [0.2, 0.25) is 0 Å². The summed E-state index contributed by atoms with van der Waals surface area (Å²) < 4.78 is 1.86. The molecule has 6 nitrogen and oxygen atoms in total. The monoisotopic (exact) mass is 387 g/mol. The predicted octanol–water partition coefficient (Wildman–Crippen LogP) is 3.02. The smallest absolute Gasteiger partial charge is 0.252 e. The van der Waals surface area contributed by atoms with Crippen LogP contribution >= 0.6 is 24.8 Å². The molecule has 0 aromatic carbocycles. The van der Waals surface area contributed by atoms with E-state index >= 15 is 0 Å². The number of nitrogens with one attached hydrogen (secondary N) is 1. The van der Waals surface area contributed by atoms with E-state index in [9.17, 15) is 4.79 Å². The summed E-state index contributed by atoms with van der Waals surface area (Å²) in [7, 11) is 0. The standard InChI is InChI=1S/C17H25N5O.2ClH/c1-10(2)22-16-14(9-19-22)13(7-11(3)20-16)17(23)21-15-6-4-5-12(15)8-18;;/h7,9-10,12,15H,4-6,8,18H2,1-3H3,(H,21,23);2*1H. The van der Waals surface area contributed by atoms with E-state index in [1.807, 2.05) is 17.7 Å². The van der Waals surface area contributed by atoms with Crippen LogP contribution in [0, 0.1) is 12.8 Å². The second-order valence-corrected chi connectivity index (χ2v) is 6.74. The zero-order valence-electron chi connectivity index (χ0n) is 14.9. The molecule has 8 heteroatoms. The largest absolute Gasteiger partial charge is 0.349 e. The summed E-state index contributed by atoms with van der Waals surface area (Å²) in [6.07, 6.45) is 4.97. The van der Waals surface area contributed by atoms with Crippen LogP contribution in [0.1, 0.15) is 55.2 Å². The van der Waals surface area contributed by atoms with Gasteiger partial charge in [-0.25, -0.2) is 9.67 Å². The first-order chi connectivity index (χ1) is 11.0. The molecule has 0 bridgehead atoms. The van der Waals surface area contributed by atoms with E-state index in [2.05, 4.69) is 29.2 Å². The van der Waals surface area contributed by atoms with Gasteiger partial charge in [-0.15, -0.1) is 24.8 Å². The number of halogens is 2. The van der Waals surface area contributed by atoms with Crippen LogP contribution in [0.15, 0.2) is 12.3 Å². The maximum atomic E-state index is 12.8. The van der Waals surface area contributed by atoms with Crippen LogP contribution in [0.25, 0.3) is 11.0 Å². The molecule has 0 aliphatic heterocycles. The summed E-state index contributed by atoms with van der Waals surface area (Å²) in [4.78, 5) is 17.4. The van der Waals surface area contributed by atoms with Crippen LogP contribution in [0.3, 0.4) is 0 Å². The molecular weight excluding hydrogens is 361 g/mol. The number of nitrogens with zero attached hydrogens (tertiary/aromatic N) is 3. The Balaban J connectivity index is 0.00000156. The van der Waals surface area contributed by atoms with Gasteiger partial charge < -0.3 is 11.1 Å². The number of hydrogen-bond acceptors (Lipinski definition) is 4. The number of carbonyl (C=O) groups excluding carboxylic acids is 1. The number of nitrogens with two attached hydrogens (primary N) is 1. The van der Waals surface area contributed by atoms with Crippen molar-refractivity contribution < 1.29 is 4.79 Å². The second kappa shape index (κ2) is 8.83. The molecule has 2 atom stereocenters. The van der Waals surface area contributed by atoms with Crippen LogP contribution in [-0.2, 0) is 0 Å². The number of rotatable bonds is 4. The van der Waals surface area contributed by atoms with Crippen molar-refractivity contribution >= 4 is 41.8 Å². The number of aryl methyl sites for hydroxylation is 1. The zero-order chi connectivity index (χ0) is 16.6. The normalized spacial score (nSPS) is 19.6. The van der Waals surface area contributed by atoms with E-state index in [1.165, 1.54) is 0 Å². The summed E-state index contributed by atoms with van der Waals surface area (Å²) >= 11 is 0. The van der Waals surface area contributed by atoms with Crippen LogP contribution in [0.2, 0.25) is 0 Å².